The monoisotopic (exact) mass is 467 g/mol. The van der Waals surface area contributed by atoms with E-state index in [1.807, 2.05) is 30.5 Å². The van der Waals surface area contributed by atoms with Crippen LogP contribution in [0.3, 0.4) is 0 Å². The van der Waals surface area contributed by atoms with Gasteiger partial charge in [0.15, 0.2) is 0 Å². The van der Waals surface area contributed by atoms with Crippen molar-refractivity contribution in [1.82, 2.24) is 24.3 Å². The second-order valence-electron chi connectivity index (χ2n) is 8.55. The summed E-state index contributed by atoms with van der Waals surface area (Å²) >= 11 is 12.4. The lowest BCUT2D eigenvalue weighted by atomic mass is 10.0. The van der Waals surface area contributed by atoms with Crippen molar-refractivity contribution in [2.75, 3.05) is 39.8 Å². The summed E-state index contributed by atoms with van der Waals surface area (Å²) in [5, 5.41) is 2.57. The number of imidazole rings is 1. The van der Waals surface area contributed by atoms with Crippen molar-refractivity contribution in [3.05, 3.63) is 64.5 Å². The average Bonchev–Trinajstić information content (AvgIpc) is 3.34. The molecular weight excluding hydrogens is 441 g/mol. The van der Waals surface area contributed by atoms with Crippen molar-refractivity contribution < 1.29 is 0 Å². The fourth-order valence-corrected chi connectivity index (χ4v) is 4.83. The highest BCUT2D eigenvalue weighted by Gasteiger charge is 2.22. The molecule has 0 radical (unpaired) electrons. The lowest BCUT2D eigenvalue weighted by Gasteiger charge is -2.32. The fraction of sp³-hybridized carbons (Fsp3) is 0.320. The first kappa shape index (κ1) is 21.5. The minimum atomic E-state index is 0.720. The third-order valence-corrected chi connectivity index (χ3v) is 6.90. The molecule has 1 N–H and O–H groups in total. The summed E-state index contributed by atoms with van der Waals surface area (Å²) in [6, 6.07) is 14.0. The number of benzene rings is 2. The van der Waals surface area contributed by atoms with Crippen molar-refractivity contribution in [3.63, 3.8) is 0 Å². The number of aromatic nitrogens is 3. The molecule has 32 heavy (non-hydrogen) atoms. The number of nitrogens with zero attached hydrogens (tertiary/aromatic N) is 4. The molecule has 7 heteroatoms. The molecule has 5 rings (SSSR count). The standard InChI is InChI=1S/C25H27Cl2N5/c1-17-29-24(22-16-28-23-15-20(27)7-8-21(22)23)25(18-3-5-19(26)6-4-18)32(17)14-13-31-11-9-30(2)10-12-31/h3-8,15-16,28H,9-14H2,1-2H3. The molecule has 1 aliphatic heterocycles. The summed E-state index contributed by atoms with van der Waals surface area (Å²) < 4.78 is 2.35. The topological polar surface area (TPSA) is 40.1 Å². The van der Waals surface area contributed by atoms with E-state index < -0.39 is 0 Å². The van der Waals surface area contributed by atoms with Gasteiger partial charge in [0.05, 0.1) is 11.4 Å². The number of hydrogen-bond acceptors (Lipinski definition) is 3. The molecule has 2 aromatic heterocycles. The van der Waals surface area contributed by atoms with E-state index in [-0.39, 0.29) is 0 Å². The molecule has 0 unspecified atom stereocenters. The van der Waals surface area contributed by atoms with Crippen molar-refractivity contribution in [2.24, 2.45) is 0 Å². The van der Waals surface area contributed by atoms with Gasteiger partial charge in [0.1, 0.15) is 5.82 Å². The molecule has 4 aromatic rings. The van der Waals surface area contributed by atoms with E-state index in [1.165, 1.54) is 0 Å². The molecule has 0 amide bonds. The Morgan fingerprint density at radius 2 is 1.66 bits per heavy atom. The van der Waals surface area contributed by atoms with Crippen LogP contribution in [0.15, 0.2) is 48.7 Å². The van der Waals surface area contributed by atoms with E-state index >= 15 is 0 Å². The predicted octanol–water partition coefficient (Wildman–Crippen LogP) is 5.56. The SMILES string of the molecule is Cc1nc(-c2c[nH]c3cc(Cl)ccc23)c(-c2ccc(Cl)cc2)n1CCN1CCN(C)CC1. The summed E-state index contributed by atoms with van der Waals surface area (Å²) in [6.07, 6.45) is 2.03. The Morgan fingerprint density at radius 1 is 0.938 bits per heavy atom. The zero-order chi connectivity index (χ0) is 22.2. The summed E-state index contributed by atoms with van der Waals surface area (Å²) in [7, 11) is 2.19. The number of H-pyrrole nitrogens is 1. The maximum atomic E-state index is 6.21. The number of aromatic amines is 1. The lowest BCUT2D eigenvalue weighted by Crippen LogP contribution is -2.45. The van der Waals surface area contributed by atoms with Crippen LogP contribution >= 0.6 is 23.2 Å². The first-order chi connectivity index (χ1) is 15.5. The molecule has 5 nitrogen and oxygen atoms in total. The molecule has 0 atom stereocenters. The third-order valence-electron chi connectivity index (χ3n) is 6.41. The van der Waals surface area contributed by atoms with E-state index in [0.29, 0.717) is 0 Å². The second kappa shape index (κ2) is 8.91. The van der Waals surface area contributed by atoms with Gasteiger partial charge in [-0.3, -0.25) is 4.90 Å². The number of aryl methyl sites for hydroxylation is 1. The molecule has 1 fully saturated rings. The van der Waals surface area contributed by atoms with Crippen molar-refractivity contribution in [3.8, 4) is 22.5 Å². The number of likely N-dealkylation sites (N-methyl/N-ethyl adjacent to an activating group) is 1. The number of rotatable bonds is 5. The van der Waals surface area contributed by atoms with Gasteiger partial charge in [0, 0.05) is 77.5 Å². The van der Waals surface area contributed by atoms with Gasteiger partial charge < -0.3 is 14.5 Å². The van der Waals surface area contributed by atoms with Crippen molar-refractivity contribution in [2.45, 2.75) is 13.5 Å². The largest absolute Gasteiger partial charge is 0.360 e. The van der Waals surface area contributed by atoms with Crippen LogP contribution in [0.4, 0.5) is 0 Å². The van der Waals surface area contributed by atoms with Crippen LogP contribution in [0.1, 0.15) is 5.82 Å². The van der Waals surface area contributed by atoms with Gasteiger partial charge in [-0.05, 0) is 38.2 Å². The highest BCUT2D eigenvalue weighted by molar-refractivity contribution is 6.31. The quantitative estimate of drug-likeness (QED) is 0.417. The van der Waals surface area contributed by atoms with Gasteiger partial charge in [-0.2, -0.15) is 0 Å². The Balaban J connectivity index is 1.57. The number of piperazine rings is 1. The van der Waals surface area contributed by atoms with E-state index in [9.17, 15) is 0 Å². The first-order valence-electron chi connectivity index (χ1n) is 11.0. The smallest absolute Gasteiger partial charge is 0.106 e. The summed E-state index contributed by atoms with van der Waals surface area (Å²) in [5.74, 6) is 1.02. The molecule has 0 spiro atoms. The summed E-state index contributed by atoms with van der Waals surface area (Å²) in [5.41, 5.74) is 5.33. The highest BCUT2D eigenvalue weighted by Crippen LogP contribution is 2.37. The van der Waals surface area contributed by atoms with Crippen molar-refractivity contribution in [1.29, 1.82) is 0 Å². The maximum Gasteiger partial charge on any atom is 0.106 e. The highest BCUT2D eigenvalue weighted by atomic mass is 35.5. The van der Waals surface area contributed by atoms with Crippen LogP contribution in [0.2, 0.25) is 10.0 Å². The molecular formula is C25H27Cl2N5. The Kier molecular flexibility index (Phi) is 5.99. The molecule has 0 saturated carbocycles. The van der Waals surface area contributed by atoms with Crippen LogP contribution in [0.5, 0.6) is 0 Å². The minimum absolute atomic E-state index is 0.720. The predicted molar refractivity (Wildman–Crippen MR) is 134 cm³/mol. The van der Waals surface area contributed by atoms with Crippen LogP contribution in [-0.2, 0) is 6.54 Å². The molecule has 1 saturated heterocycles. The number of fused-ring (bicyclic) bond motifs is 1. The second-order valence-corrected chi connectivity index (χ2v) is 9.42. The lowest BCUT2D eigenvalue weighted by molar-refractivity contribution is 0.150. The molecule has 0 aliphatic carbocycles. The Hall–Kier alpha value is -2.31. The van der Waals surface area contributed by atoms with Crippen molar-refractivity contribution >= 4 is 34.1 Å². The van der Waals surface area contributed by atoms with Crippen LogP contribution in [-0.4, -0.2) is 64.1 Å². The fourth-order valence-electron chi connectivity index (χ4n) is 4.53. The molecule has 166 valence electrons. The van der Waals surface area contributed by atoms with Crippen LogP contribution in [0.25, 0.3) is 33.4 Å². The Bertz CT molecular complexity index is 1230. The molecule has 1 aliphatic rings. The van der Waals surface area contributed by atoms with Gasteiger partial charge >= 0.3 is 0 Å². The minimum Gasteiger partial charge on any atom is -0.360 e. The number of halogens is 2. The third kappa shape index (κ3) is 4.18. The van der Waals surface area contributed by atoms with Crippen LogP contribution in [0, 0.1) is 6.92 Å². The average molecular weight is 468 g/mol. The van der Waals surface area contributed by atoms with Crippen LogP contribution < -0.4 is 0 Å². The first-order valence-corrected chi connectivity index (χ1v) is 11.8. The van der Waals surface area contributed by atoms with Gasteiger partial charge in [-0.25, -0.2) is 4.98 Å². The van der Waals surface area contributed by atoms with Gasteiger partial charge in [-0.15, -0.1) is 0 Å². The van der Waals surface area contributed by atoms with E-state index in [1.54, 1.807) is 0 Å². The normalized spacial score (nSPS) is 15.6. The van der Waals surface area contributed by atoms with Gasteiger partial charge in [0.25, 0.3) is 0 Å². The molecule has 0 bridgehead atoms. The number of hydrogen-bond donors (Lipinski definition) is 1. The number of nitrogens with one attached hydrogen (secondary N) is 1. The van der Waals surface area contributed by atoms with E-state index in [4.69, 9.17) is 28.2 Å². The van der Waals surface area contributed by atoms with Gasteiger partial charge in [0.2, 0.25) is 0 Å². The maximum absolute atomic E-state index is 6.21. The summed E-state index contributed by atoms with van der Waals surface area (Å²) in [4.78, 5) is 13.3. The molecule has 3 heterocycles. The zero-order valence-corrected chi connectivity index (χ0v) is 19.9. The summed E-state index contributed by atoms with van der Waals surface area (Å²) in [6.45, 7) is 8.46. The Labute approximate surface area is 198 Å². The van der Waals surface area contributed by atoms with Gasteiger partial charge in [-0.1, -0.05) is 41.4 Å². The zero-order valence-electron chi connectivity index (χ0n) is 18.4. The van der Waals surface area contributed by atoms with E-state index in [0.717, 1.165) is 88.6 Å². The van der Waals surface area contributed by atoms with E-state index in [2.05, 4.69) is 51.5 Å². The Morgan fingerprint density at radius 3 is 2.41 bits per heavy atom. The molecule has 2 aromatic carbocycles.